The molecule has 0 bridgehead atoms. The van der Waals surface area contributed by atoms with Crippen molar-refractivity contribution in [1.29, 1.82) is 0 Å². The summed E-state index contributed by atoms with van der Waals surface area (Å²) in [4.78, 5) is 0. The average Bonchev–Trinajstić information content (AvgIpc) is 2.33. The van der Waals surface area contributed by atoms with E-state index in [1.165, 1.54) is 0 Å². The number of hydrogen-bond acceptors (Lipinski definition) is 3. The second-order valence-corrected chi connectivity index (χ2v) is 3.52. The van der Waals surface area contributed by atoms with Gasteiger partial charge in [0.1, 0.15) is 5.75 Å². The van der Waals surface area contributed by atoms with Crippen LogP contribution in [0, 0.1) is 0 Å². The number of rotatable bonds is 3. The van der Waals surface area contributed by atoms with Gasteiger partial charge < -0.3 is 5.11 Å². The summed E-state index contributed by atoms with van der Waals surface area (Å²) < 4.78 is 0. The van der Waals surface area contributed by atoms with E-state index in [0.29, 0.717) is 11.3 Å². The summed E-state index contributed by atoms with van der Waals surface area (Å²) in [6, 6.07) is 16.2. The summed E-state index contributed by atoms with van der Waals surface area (Å²) in [5.41, 5.74) is 1.39. The summed E-state index contributed by atoms with van der Waals surface area (Å²) in [6.07, 6.45) is 0. The fourth-order valence-corrected chi connectivity index (χ4v) is 1.50. The van der Waals surface area contributed by atoms with Crippen molar-refractivity contribution in [2.75, 3.05) is 5.06 Å². The average molecular weight is 215 g/mol. The maximum Gasteiger partial charge on any atom is 0.120 e. The zero-order valence-corrected chi connectivity index (χ0v) is 8.74. The zero-order valence-electron chi connectivity index (χ0n) is 8.74. The summed E-state index contributed by atoms with van der Waals surface area (Å²) in [6.45, 7) is 0.261. The second-order valence-electron chi connectivity index (χ2n) is 3.52. The van der Waals surface area contributed by atoms with E-state index in [-0.39, 0.29) is 12.3 Å². The van der Waals surface area contributed by atoms with E-state index in [4.69, 9.17) is 0 Å². The molecule has 2 aromatic carbocycles. The molecular formula is C13H13NO2. The van der Waals surface area contributed by atoms with Crippen molar-refractivity contribution in [3.05, 3.63) is 60.2 Å². The molecule has 0 atom stereocenters. The Kier molecular flexibility index (Phi) is 3.08. The van der Waals surface area contributed by atoms with Gasteiger partial charge in [0.15, 0.2) is 0 Å². The van der Waals surface area contributed by atoms with E-state index < -0.39 is 0 Å². The van der Waals surface area contributed by atoms with Crippen LogP contribution in [-0.4, -0.2) is 10.3 Å². The largest absolute Gasteiger partial charge is 0.508 e. The van der Waals surface area contributed by atoms with Crippen LogP contribution < -0.4 is 5.06 Å². The van der Waals surface area contributed by atoms with E-state index >= 15 is 0 Å². The van der Waals surface area contributed by atoms with Gasteiger partial charge in [0, 0.05) is 5.56 Å². The lowest BCUT2D eigenvalue weighted by Crippen LogP contribution is -2.17. The number of para-hydroxylation sites is 2. The lowest BCUT2D eigenvalue weighted by atomic mass is 10.2. The molecule has 0 heterocycles. The van der Waals surface area contributed by atoms with Gasteiger partial charge in [-0.1, -0.05) is 36.4 Å². The van der Waals surface area contributed by atoms with Crippen LogP contribution in [0.1, 0.15) is 5.56 Å². The van der Waals surface area contributed by atoms with Gasteiger partial charge in [-0.3, -0.25) is 10.3 Å². The van der Waals surface area contributed by atoms with Crippen molar-refractivity contribution in [1.82, 2.24) is 0 Å². The zero-order chi connectivity index (χ0) is 11.4. The third-order valence-corrected chi connectivity index (χ3v) is 2.37. The Hall–Kier alpha value is -2.00. The monoisotopic (exact) mass is 215 g/mol. The van der Waals surface area contributed by atoms with Crippen LogP contribution in [0.5, 0.6) is 5.75 Å². The van der Waals surface area contributed by atoms with Crippen LogP contribution in [0.25, 0.3) is 0 Å². The van der Waals surface area contributed by atoms with E-state index in [1.807, 2.05) is 24.3 Å². The third-order valence-electron chi connectivity index (χ3n) is 2.37. The molecule has 0 aromatic heterocycles. The number of anilines is 1. The lowest BCUT2D eigenvalue weighted by Gasteiger charge is -2.17. The maximum absolute atomic E-state index is 9.82. The Balaban J connectivity index is 2.14. The van der Waals surface area contributed by atoms with Gasteiger partial charge in [-0.15, -0.1) is 0 Å². The van der Waals surface area contributed by atoms with Crippen LogP contribution in [0.3, 0.4) is 0 Å². The van der Waals surface area contributed by atoms with Crippen LogP contribution in [-0.2, 0) is 6.54 Å². The highest BCUT2D eigenvalue weighted by molar-refractivity contribution is 5.45. The van der Waals surface area contributed by atoms with Gasteiger partial charge in [0.05, 0.1) is 12.2 Å². The van der Waals surface area contributed by atoms with Crippen molar-refractivity contribution in [3.63, 3.8) is 0 Å². The number of aromatic hydroxyl groups is 1. The molecule has 0 spiro atoms. The van der Waals surface area contributed by atoms with Gasteiger partial charge in [-0.25, -0.2) is 0 Å². The Morgan fingerprint density at radius 2 is 1.50 bits per heavy atom. The second kappa shape index (κ2) is 4.68. The maximum atomic E-state index is 9.82. The molecule has 2 aromatic rings. The highest BCUT2D eigenvalue weighted by atomic mass is 16.5. The summed E-state index contributed by atoms with van der Waals surface area (Å²) in [7, 11) is 0. The molecule has 3 nitrogen and oxygen atoms in total. The third kappa shape index (κ3) is 2.32. The van der Waals surface area contributed by atoms with E-state index in [2.05, 4.69) is 0 Å². The van der Waals surface area contributed by atoms with Crippen LogP contribution >= 0.6 is 0 Å². The Labute approximate surface area is 94.2 Å². The molecular weight excluding hydrogens is 202 g/mol. The minimum atomic E-state index is 0.192. The van der Waals surface area contributed by atoms with Crippen molar-refractivity contribution in [2.45, 2.75) is 6.54 Å². The first kappa shape index (κ1) is 10.5. The van der Waals surface area contributed by atoms with E-state index in [0.717, 1.165) is 5.06 Å². The number of benzene rings is 2. The Morgan fingerprint density at radius 1 is 0.875 bits per heavy atom. The molecule has 0 saturated carbocycles. The quantitative estimate of drug-likeness (QED) is 0.774. The molecule has 0 radical (unpaired) electrons. The first-order valence-corrected chi connectivity index (χ1v) is 5.06. The molecule has 2 N–H and O–H groups in total. The van der Waals surface area contributed by atoms with E-state index in [9.17, 15) is 10.3 Å². The molecule has 0 aliphatic rings. The van der Waals surface area contributed by atoms with Crippen LogP contribution in [0.4, 0.5) is 5.69 Å². The van der Waals surface area contributed by atoms with Crippen molar-refractivity contribution in [3.8, 4) is 5.75 Å². The topological polar surface area (TPSA) is 43.7 Å². The molecule has 16 heavy (non-hydrogen) atoms. The summed E-state index contributed by atoms with van der Waals surface area (Å²) >= 11 is 0. The first-order chi connectivity index (χ1) is 7.77. The predicted octanol–water partition coefficient (Wildman–Crippen LogP) is 2.79. The van der Waals surface area contributed by atoms with Crippen molar-refractivity contribution >= 4 is 5.69 Å². The van der Waals surface area contributed by atoms with Crippen molar-refractivity contribution in [2.24, 2.45) is 0 Å². The predicted molar refractivity (Wildman–Crippen MR) is 62.5 cm³/mol. The number of phenolic OH excluding ortho intramolecular Hbond substituents is 1. The van der Waals surface area contributed by atoms with Crippen LogP contribution in [0.2, 0.25) is 0 Å². The van der Waals surface area contributed by atoms with Gasteiger partial charge in [-0.2, -0.15) is 0 Å². The highest BCUT2D eigenvalue weighted by Gasteiger charge is 2.06. The molecule has 0 aliphatic heterocycles. The molecule has 0 amide bonds. The lowest BCUT2D eigenvalue weighted by molar-refractivity contribution is 0.248. The SMILES string of the molecule is Oc1ccccc1CN(O)c1ccccc1. The van der Waals surface area contributed by atoms with Gasteiger partial charge in [-0.05, 0) is 18.2 Å². The summed E-state index contributed by atoms with van der Waals surface area (Å²) in [5, 5.41) is 20.5. The first-order valence-electron chi connectivity index (χ1n) is 5.06. The van der Waals surface area contributed by atoms with Gasteiger partial charge in [0.25, 0.3) is 0 Å². The van der Waals surface area contributed by atoms with E-state index in [1.54, 1.807) is 30.3 Å². The molecule has 0 unspecified atom stereocenters. The number of phenols is 1. The highest BCUT2D eigenvalue weighted by Crippen LogP contribution is 2.20. The molecule has 82 valence electrons. The number of nitrogens with zero attached hydrogens (tertiary/aromatic N) is 1. The number of hydroxylamine groups is 1. The van der Waals surface area contributed by atoms with Gasteiger partial charge in [0.2, 0.25) is 0 Å². The fourth-order valence-electron chi connectivity index (χ4n) is 1.50. The van der Waals surface area contributed by atoms with Crippen molar-refractivity contribution < 1.29 is 10.3 Å². The smallest absolute Gasteiger partial charge is 0.120 e. The fraction of sp³-hybridized carbons (Fsp3) is 0.0769. The number of hydrogen-bond donors (Lipinski definition) is 2. The molecule has 3 heteroatoms. The molecule has 0 saturated heterocycles. The molecule has 0 aliphatic carbocycles. The minimum Gasteiger partial charge on any atom is -0.508 e. The minimum absolute atomic E-state index is 0.192. The van der Waals surface area contributed by atoms with Gasteiger partial charge >= 0.3 is 0 Å². The molecule has 0 fully saturated rings. The Bertz CT molecular complexity index is 456. The standard InChI is InChI=1S/C13H13NO2/c15-13-9-5-4-6-11(13)10-14(16)12-7-2-1-3-8-12/h1-9,15-16H,10H2. The van der Waals surface area contributed by atoms with Crippen LogP contribution in [0.15, 0.2) is 54.6 Å². The normalized spacial score (nSPS) is 10.1. The molecule has 2 rings (SSSR count). The summed E-state index contributed by atoms with van der Waals surface area (Å²) in [5.74, 6) is 0.192. The Morgan fingerprint density at radius 3 is 2.19 bits per heavy atom.